The van der Waals surface area contributed by atoms with Gasteiger partial charge < -0.3 is 9.73 Å². The van der Waals surface area contributed by atoms with Crippen LogP contribution in [-0.2, 0) is 4.79 Å². The van der Waals surface area contributed by atoms with Crippen LogP contribution in [-0.4, -0.2) is 11.1 Å². The number of amidine groups is 1. The molecule has 8 heteroatoms. The molecule has 0 atom stereocenters. The van der Waals surface area contributed by atoms with Gasteiger partial charge in [0.2, 0.25) is 0 Å². The normalized spacial score (nSPS) is 18.2. The van der Waals surface area contributed by atoms with Crippen LogP contribution in [0.4, 0.5) is 5.69 Å². The maximum atomic E-state index is 12.0. The lowest BCUT2D eigenvalue weighted by molar-refractivity contribution is -0.115. The topological polar surface area (TPSA) is 54.6 Å². The summed E-state index contributed by atoms with van der Waals surface area (Å²) in [6.45, 7) is 0. The molecule has 0 bridgehead atoms. The van der Waals surface area contributed by atoms with E-state index in [9.17, 15) is 4.79 Å². The fraction of sp³-hybridized carbons (Fsp3) is 0. The summed E-state index contributed by atoms with van der Waals surface area (Å²) in [7, 11) is 0. The largest absolute Gasteiger partial charge is 0.449 e. The van der Waals surface area contributed by atoms with E-state index in [0.29, 0.717) is 31.2 Å². The second kappa shape index (κ2) is 6.62. The van der Waals surface area contributed by atoms with Gasteiger partial charge in [-0.25, -0.2) is 4.99 Å². The van der Waals surface area contributed by atoms with Crippen LogP contribution in [0.1, 0.15) is 5.76 Å². The quantitative estimate of drug-likeness (QED) is 0.612. The van der Waals surface area contributed by atoms with Gasteiger partial charge in [-0.2, -0.15) is 0 Å². The van der Waals surface area contributed by atoms with Crippen molar-refractivity contribution in [2.24, 2.45) is 4.99 Å². The number of carbonyl (C=O) groups is 1. The van der Waals surface area contributed by atoms with E-state index in [0.717, 1.165) is 4.47 Å². The molecule has 22 heavy (non-hydrogen) atoms. The number of hydrogen-bond donors (Lipinski definition) is 1. The third kappa shape index (κ3) is 3.65. The Morgan fingerprint density at radius 3 is 2.82 bits per heavy atom. The molecular formula is C14H7Br2ClN2O2S. The fourth-order valence-corrected chi connectivity index (χ4v) is 3.32. The van der Waals surface area contributed by atoms with Gasteiger partial charge in [0.15, 0.2) is 9.84 Å². The Morgan fingerprint density at radius 2 is 2.14 bits per heavy atom. The number of carbonyl (C=O) groups excluding carboxylic acids is 1. The summed E-state index contributed by atoms with van der Waals surface area (Å²) in [5.74, 6) is 0.356. The maximum absolute atomic E-state index is 12.0. The van der Waals surface area contributed by atoms with Crippen LogP contribution in [0.25, 0.3) is 6.08 Å². The number of nitrogens with zero attached hydrogens (tertiary/aromatic N) is 1. The Hall–Kier alpha value is -1.02. The first-order chi connectivity index (χ1) is 10.5. The molecule has 1 aromatic carbocycles. The zero-order chi connectivity index (χ0) is 15.7. The summed E-state index contributed by atoms with van der Waals surface area (Å²) < 4.78 is 6.80. The van der Waals surface area contributed by atoms with Gasteiger partial charge in [-0.3, -0.25) is 4.79 Å². The van der Waals surface area contributed by atoms with Gasteiger partial charge in [-0.15, -0.1) is 0 Å². The first-order valence-electron chi connectivity index (χ1n) is 6.01. The molecule has 1 amide bonds. The summed E-state index contributed by atoms with van der Waals surface area (Å²) in [6, 6.07) is 8.89. The molecule has 1 saturated heterocycles. The summed E-state index contributed by atoms with van der Waals surface area (Å²) >= 11 is 13.7. The van der Waals surface area contributed by atoms with Crippen molar-refractivity contribution in [3.63, 3.8) is 0 Å². The van der Waals surface area contributed by atoms with E-state index in [-0.39, 0.29) is 5.91 Å². The van der Waals surface area contributed by atoms with Crippen molar-refractivity contribution in [3.8, 4) is 0 Å². The molecule has 112 valence electrons. The van der Waals surface area contributed by atoms with Gasteiger partial charge in [-0.1, -0.05) is 17.7 Å². The van der Waals surface area contributed by atoms with E-state index in [1.807, 2.05) is 6.07 Å². The van der Waals surface area contributed by atoms with Crippen molar-refractivity contribution in [2.45, 2.75) is 0 Å². The first kappa shape index (κ1) is 15.9. The Balaban J connectivity index is 1.84. The van der Waals surface area contributed by atoms with E-state index in [1.54, 1.807) is 30.3 Å². The highest BCUT2D eigenvalue weighted by Gasteiger charge is 2.24. The number of nitrogens with one attached hydrogen (secondary N) is 1. The predicted octanol–water partition coefficient (Wildman–Crippen LogP) is 5.35. The molecule has 0 unspecified atom stereocenters. The summed E-state index contributed by atoms with van der Waals surface area (Å²) in [6.07, 6.45) is 1.66. The standard InChI is InChI=1S/C14H7Br2ClN2O2S/c15-10-5-9(21-12(10)16)6-11-13(20)19-14(22-11)18-8-3-1-2-7(17)4-8/h1-6H,(H,18,19,20)/b11-6-. The Labute approximate surface area is 152 Å². The molecule has 0 radical (unpaired) electrons. The van der Waals surface area contributed by atoms with Crippen molar-refractivity contribution in [1.82, 2.24) is 5.32 Å². The van der Waals surface area contributed by atoms with Crippen molar-refractivity contribution in [3.05, 3.63) is 55.2 Å². The molecule has 1 aliphatic rings. The number of hydrogen-bond acceptors (Lipinski definition) is 4. The van der Waals surface area contributed by atoms with E-state index in [1.165, 1.54) is 11.8 Å². The summed E-state index contributed by atoms with van der Waals surface area (Å²) in [4.78, 5) is 16.8. The molecular weight excluding hydrogens is 455 g/mol. The lowest BCUT2D eigenvalue weighted by Crippen LogP contribution is -2.19. The number of aliphatic imine (C=N–C) groups is 1. The minimum Gasteiger partial charge on any atom is -0.449 e. The Bertz CT molecular complexity index is 797. The van der Waals surface area contributed by atoms with Crippen molar-refractivity contribution in [2.75, 3.05) is 0 Å². The summed E-state index contributed by atoms with van der Waals surface area (Å²) in [5.41, 5.74) is 0.681. The van der Waals surface area contributed by atoms with Crippen LogP contribution in [0.15, 0.2) is 53.8 Å². The van der Waals surface area contributed by atoms with Crippen molar-refractivity contribution < 1.29 is 9.21 Å². The molecule has 2 aromatic rings. The lowest BCUT2D eigenvalue weighted by atomic mass is 10.3. The molecule has 0 aliphatic carbocycles. The lowest BCUT2D eigenvalue weighted by Gasteiger charge is -1.96. The van der Waals surface area contributed by atoms with E-state index < -0.39 is 0 Å². The Kier molecular flexibility index (Phi) is 4.77. The highest BCUT2D eigenvalue weighted by molar-refractivity contribution is 9.13. The third-order valence-corrected chi connectivity index (χ3v) is 5.48. The maximum Gasteiger partial charge on any atom is 0.264 e. The molecule has 1 aromatic heterocycles. The second-order valence-electron chi connectivity index (χ2n) is 4.23. The zero-order valence-corrected chi connectivity index (χ0v) is 15.5. The average molecular weight is 463 g/mol. The van der Waals surface area contributed by atoms with E-state index in [4.69, 9.17) is 16.0 Å². The van der Waals surface area contributed by atoms with Gasteiger partial charge in [0, 0.05) is 11.1 Å². The van der Waals surface area contributed by atoms with Crippen LogP contribution >= 0.6 is 55.2 Å². The number of halogens is 3. The molecule has 1 N–H and O–H groups in total. The molecule has 0 saturated carbocycles. The smallest absolute Gasteiger partial charge is 0.264 e. The minimum absolute atomic E-state index is 0.213. The molecule has 2 heterocycles. The monoisotopic (exact) mass is 460 g/mol. The van der Waals surface area contributed by atoms with Crippen LogP contribution < -0.4 is 5.32 Å². The third-order valence-electron chi connectivity index (χ3n) is 2.63. The van der Waals surface area contributed by atoms with Gasteiger partial charge in [0.1, 0.15) is 5.76 Å². The zero-order valence-electron chi connectivity index (χ0n) is 10.8. The van der Waals surface area contributed by atoms with Crippen molar-refractivity contribution >= 4 is 78.1 Å². The molecule has 1 aliphatic heterocycles. The van der Waals surface area contributed by atoms with Crippen LogP contribution in [0.3, 0.4) is 0 Å². The number of furan rings is 1. The number of rotatable bonds is 2. The van der Waals surface area contributed by atoms with Crippen molar-refractivity contribution in [1.29, 1.82) is 0 Å². The summed E-state index contributed by atoms with van der Waals surface area (Å²) in [5, 5.41) is 3.81. The molecule has 4 nitrogen and oxygen atoms in total. The van der Waals surface area contributed by atoms with Gasteiger partial charge >= 0.3 is 0 Å². The highest BCUT2D eigenvalue weighted by atomic mass is 79.9. The second-order valence-corrected chi connectivity index (χ2v) is 7.27. The van der Waals surface area contributed by atoms with Gasteiger partial charge in [0.25, 0.3) is 5.91 Å². The van der Waals surface area contributed by atoms with Crippen LogP contribution in [0.2, 0.25) is 5.02 Å². The van der Waals surface area contributed by atoms with Crippen LogP contribution in [0, 0.1) is 0 Å². The van der Waals surface area contributed by atoms with Gasteiger partial charge in [-0.05, 0) is 67.9 Å². The SMILES string of the molecule is O=C1NC(=Nc2cccc(Cl)c2)S/C1=C\c1cc(Br)c(Br)o1. The van der Waals surface area contributed by atoms with Gasteiger partial charge in [0.05, 0.1) is 15.1 Å². The number of thioether (sulfide) groups is 1. The van der Waals surface area contributed by atoms with E-state index in [2.05, 4.69) is 42.2 Å². The Morgan fingerprint density at radius 1 is 1.32 bits per heavy atom. The molecule has 0 spiro atoms. The number of amides is 1. The number of benzene rings is 1. The molecule has 1 fully saturated rings. The molecule has 3 rings (SSSR count). The van der Waals surface area contributed by atoms with E-state index >= 15 is 0 Å². The average Bonchev–Trinajstić information content (AvgIpc) is 2.93. The highest BCUT2D eigenvalue weighted by Crippen LogP contribution is 2.32. The minimum atomic E-state index is -0.213. The fourth-order valence-electron chi connectivity index (χ4n) is 1.71. The van der Waals surface area contributed by atoms with Crippen LogP contribution in [0.5, 0.6) is 0 Å². The predicted molar refractivity (Wildman–Crippen MR) is 96.4 cm³/mol. The first-order valence-corrected chi connectivity index (χ1v) is 8.79.